The molecule has 26 heavy (non-hydrogen) atoms. The van der Waals surface area contributed by atoms with Crippen LogP contribution in [0.2, 0.25) is 5.02 Å². The fourth-order valence-electron chi connectivity index (χ4n) is 4.06. The summed E-state index contributed by atoms with van der Waals surface area (Å²) in [6.45, 7) is 4.18. The van der Waals surface area contributed by atoms with Crippen molar-refractivity contribution in [2.45, 2.75) is 51.2 Å². The predicted molar refractivity (Wildman–Crippen MR) is 98.1 cm³/mol. The number of nitrogens with zero attached hydrogens (tertiary/aromatic N) is 2. The summed E-state index contributed by atoms with van der Waals surface area (Å²) >= 11 is 5.94. The fourth-order valence-corrected chi connectivity index (χ4v) is 4.19. The third kappa shape index (κ3) is 3.18. The lowest BCUT2D eigenvalue weighted by Crippen LogP contribution is -2.68. The van der Waals surface area contributed by atoms with Gasteiger partial charge in [-0.2, -0.15) is 0 Å². The second kappa shape index (κ2) is 6.91. The van der Waals surface area contributed by atoms with Gasteiger partial charge in [-0.05, 0) is 50.8 Å². The third-order valence-corrected chi connectivity index (χ3v) is 5.80. The Morgan fingerprint density at radius 2 is 1.96 bits per heavy atom. The van der Waals surface area contributed by atoms with Crippen molar-refractivity contribution >= 4 is 29.3 Å². The maximum atomic E-state index is 13.3. The number of rotatable bonds is 4. The van der Waals surface area contributed by atoms with Gasteiger partial charge in [0.25, 0.3) is 0 Å². The largest absolute Gasteiger partial charge is 0.369 e. The minimum atomic E-state index is -0.987. The average molecular weight is 378 g/mol. The van der Waals surface area contributed by atoms with Crippen LogP contribution in [0.3, 0.4) is 0 Å². The molecule has 2 atom stereocenters. The highest BCUT2D eigenvalue weighted by Gasteiger charge is 2.57. The molecule has 6 nitrogen and oxygen atoms in total. The average Bonchev–Trinajstić information content (AvgIpc) is 3.03. The molecule has 1 spiro atoms. The van der Waals surface area contributed by atoms with Crippen molar-refractivity contribution in [1.82, 2.24) is 9.80 Å². The molecule has 2 N–H and O–H groups in total. The van der Waals surface area contributed by atoms with E-state index in [2.05, 4.69) is 0 Å². The van der Waals surface area contributed by atoms with Gasteiger partial charge in [0, 0.05) is 23.5 Å². The Morgan fingerprint density at radius 1 is 1.31 bits per heavy atom. The first-order valence-electron chi connectivity index (χ1n) is 8.90. The van der Waals surface area contributed by atoms with Gasteiger partial charge in [-0.1, -0.05) is 23.7 Å². The highest BCUT2D eigenvalue weighted by atomic mass is 35.5. The van der Waals surface area contributed by atoms with Crippen LogP contribution in [-0.4, -0.2) is 45.6 Å². The van der Waals surface area contributed by atoms with Crippen molar-refractivity contribution in [1.29, 1.82) is 0 Å². The normalized spacial score (nSPS) is 26.2. The molecule has 3 amide bonds. The molecule has 2 aliphatic rings. The molecule has 0 radical (unpaired) electrons. The first kappa shape index (κ1) is 18.7. The Balaban J connectivity index is 1.97. The van der Waals surface area contributed by atoms with E-state index < -0.39 is 11.4 Å². The lowest BCUT2D eigenvalue weighted by atomic mass is 9.87. The number of carbonyl (C=O) groups is 3. The fraction of sp³-hybridized carbons (Fsp3) is 0.526. The van der Waals surface area contributed by atoms with Crippen molar-refractivity contribution in [3.8, 4) is 0 Å². The van der Waals surface area contributed by atoms with Gasteiger partial charge < -0.3 is 15.5 Å². The summed E-state index contributed by atoms with van der Waals surface area (Å²) in [4.78, 5) is 41.3. The Bertz CT molecular complexity index is 734. The first-order valence-corrected chi connectivity index (χ1v) is 9.27. The highest BCUT2D eigenvalue weighted by Crippen LogP contribution is 2.43. The zero-order chi connectivity index (χ0) is 19.1. The molecule has 1 unspecified atom stereocenters. The van der Waals surface area contributed by atoms with Crippen LogP contribution in [-0.2, 0) is 20.9 Å². The van der Waals surface area contributed by atoms with Crippen LogP contribution in [0.1, 0.15) is 38.7 Å². The standard InChI is InChI=1S/C19H24ClN3O3/c1-12(2)22-11-16(24)23(10-13-3-5-15(20)6-4-13)19(18(22)26)8-7-14(9-19)17(21)25/h3-6,12,14H,7-11H2,1-2H3,(H2,21,25)/t14?,19-/m0/s1. The second-order valence-electron chi connectivity index (χ2n) is 7.51. The first-order chi connectivity index (χ1) is 12.2. The number of piperazine rings is 1. The number of halogens is 1. The molecule has 7 heteroatoms. The van der Waals surface area contributed by atoms with E-state index in [-0.39, 0.29) is 30.3 Å². The molecule has 0 bridgehead atoms. The Kier molecular flexibility index (Phi) is 4.97. The molecule has 1 heterocycles. The molecule has 140 valence electrons. The maximum absolute atomic E-state index is 13.3. The number of primary amides is 1. The quantitative estimate of drug-likeness (QED) is 0.870. The van der Waals surface area contributed by atoms with E-state index in [1.165, 1.54) is 0 Å². The maximum Gasteiger partial charge on any atom is 0.249 e. The summed E-state index contributed by atoms with van der Waals surface area (Å²) in [6.07, 6.45) is 1.28. The molecule has 0 aromatic heterocycles. The summed E-state index contributed by atoms with van der Waals surface area (Å²) in [7, 11) is 0. The Hall–Kier alpha value is -2.08. The van der Waals surface area contributed by atoms with Crippen LogP contribution in [0.4, 0.5) is 0 Å². The zero-order valence-electron chi connectivity index (χ0n) is 15.1. The highest BCUT2D eigenvalue weighted by molar-refractivity contribution is 6.30. The monoisotopic (exact) mass is 377 g/mol. The van der Waals surface area contributed by atoms with Gasteiger partial charge in [0.05, 0.1) is 0 Å². The van der Waals surface area contributed by atoms with E-state index >= 15 is 0 Å². The zero-order valence-corrected chi connectivity index (χ0v) is 15.8. The number of amides is 3. The van der Waals surface area contributed by atoms with Crippen molar-refractivity contribution in [2.75, 3.05) is 6.54 Å². The third-order valence-electron chi connectivity index (χ3n) is 5.55. The number of carbonyl (C=O) groups excluding carboxylic acids is 3. The van der Waals surface area contributed by atoms with Gasteiger partial charge in [0.1, 0.15) is 12.1 Å². The van der Waals surface area contributed by atoms with Crippen molar-refractivity contribution in [3.05, 3.63) is 34.9 Å². The van der Waals surface area contributed by atoms with Gasteiger partial charge in [-0.25, -0.2) is 0 Å². The minimum absolute atomic E-state index is 0.0626. The molecule has 2 fully saturated rings. The van der Waals surface area contributed by atoms with Gasteiger partial charge in [-0.3, -0.25) is 14.4 Å². The minimum Gasteiger partial charge on any atom is -0.369 e. The Morgan fingerprint density at radius 3 is 2.50 bits per heavy atom. The van der Waals surface area contributed by atoms with Crippen LogP contribution in [0.25, 0.3) is 0 Å². The molecule has 1 saturated carbocycles. The molecule has 1 aliphatic carbocycles. The lowest BCUT2D eigenvalue weighted by molar-refractivity contribution is -0.167. The Labute approximate surface area is 158 Å². The molecule has 1 aliphatic heterocycles. The smallest absolute Gasteiger partial charge is 0.249 e. The van der Waals surface area contributed by atoms with E-state index in [0.29, 0.717) is 30.8 Å². The molecular formula is C19H24ClN3O3. The van der Waals surface area contributed by atoms with Crippen molar-refractivity contribution in [2.24, 2.45) is 11.7 Å². The second-order valence-corrected chi connectivity index (χ2v) is 7.94. The van der Waals surface area contributed by atoms with Crippen molar-refractivity contribution < 1.29 is 14.4 Å². The van der Waals surface area contributed by atoms with Crippen LogP contribution in [0.15, 0.2) is 24.3 Å². The summed E-state index contributed by atoms with van der Waals surface area (Å²) < 4.78 is 0. The van der Waals surface area contributed by atoms with Crippen LogP contribution in [0.5, 0.6) is 0 Å². The summed E-state index contributed by atoms with van der Waals surface area (Å²) in [5, 5.41) is 0.616. The predicted octanol–water partition coefficient (Wildman–Crippen LogP) is 1.94. The SMILES string of the molecule is CC(C)N1CC(=O)N(Cc2ccc(Cl)cc2)[C@]2(CCC(C(N)=O)C2)C1=O. The number of hydrogen-bond acceptors (Lipinski definition) is 3. The number of benzene rings is 1. The molecule has 3 rings (SSSR count). The van der Waals surface area contributed by atoms with Gasteiger partial charge >= 0.3 is 0 Å². The van der Waals surface area contributed by atoms with Crippen molar-refractivity contribution in [3.63, 3.8) is 0 Å². The molecule has 1 aromatic rings. The van der Waals surface area contributed by atoms with Gasteiger partial charge in [0.15, 0.2) is 0 Å². The van der Waals surface area contributed by atoms with E-state index in [1.54, 1.807) is 21.9 Å². The summed E-state index contributed by atoms with van der Waals surface area (Å²) in [5.41, 5.74) is 5.41. The van der Waals surface area contributed by atoms with E-state index in [9.17, 15) is 14.4 Å². The van der Waals surface area contributed by atoms with E-state index in [0.717, 1.165) is 5.56 Å². The van der Waals surface area contributed by atoms with Crippen LogP contribution < -0.4 is 5.73 Å². The van der Waals surface area contributed by atoms with Crippen LogP contribution in [0, 0.1) is 5.92 Å². The number of nitrogens with two attached hydrogens (primary N) is 1. The molecular weight excluding hydrogens is 354 g/mol. The lowest BCUT2D eigenvalue weighted by Gasteiger charge is -2.49. The summed E-state index contributed by atoms with van der Waals surface area (Å²) in [5.74, 6) is -0.968. The van der Waals surface area contributed by atoms with E-state index in [4.69, 9.17) is 17.3 Å². The topological polar surface area (TPSA) is 83.7 Å². The van der Waals surface area contributed by atoms with Gasteiger partial charge in [0.2, 0.25) is 17.7 Å². The van der Waals surface area contributed by atoms with Gasteiger partial charge in [-0.15, -0.1) is 0 Å². The number of hydrogen-bond donors (Lipinski definition) is 1. The van der Waals surface area contributed by atoms with E-state index in [1.807, 2.05) is 26.0 Å². The molecule has 1 saturated heterocycles. The molecule has 1 aromatic carbocycles. The van der Waals surface area contributed by atoms with Crippen LogP contribution >= 0.6 is 11.6 Å². The summed E-state index contributed by atoms with van der Waals surface area (Å²) in [6, 6.07) is 7.16.